The van der Waals surface area contributed by atoms with Crippen LogP contribution in [-0.4, -0.2) is 0 Å². The van der Waals surface area contributed by atoms with Gasteiger partial charge in [-0.05, 0) is 66.7 Å². The molecule has 0 aromatic heterocycles. The van der Waals surface area contributed by atoms with Gasteiger partial charge in [0.2, 0.25) is 0 Å². The van der Waals surface area contributed by atoms with Gasteiger partial charge in [-0.25, -0.2) is 0 Å². The number of rotatable bonds is 6. The molecule has 0 spiro atoms. The minimum Gasteiger partial charge on any atom is -0.457 e. The molecule has 0 unspecified atom stereocenters. The highest BCUT2D eigenvalue weighted by molar-refractivity contribution is 5.50. The van der Waals surface area contributed by atoms with Gasteiger partial charge in [-0.15, -0.1) is 0 Å². The zero-order valence-corrected chi connectivity index (χ0v) is 16.4. The summed E-state index contributed by atoms with van der Waals surface area (Å²) in [7, 11) is 0. The van der Waals surface area contributed by atoms with Gasteiger partial charge in [0, 0.05) is 6.07 Å². The summed E-state index contributed by atoms with van der Waals surface area (Å²) in [4.78, 5) is 0. The van der Waals surface area contributed by atoms with E-state index < -0.39 is 0 Å². The summed E-state index contributed by atoms with van der Waals surface area (Å²) in [6, 6.07) is 32.8. The van der Waals surface area contributed by atoms with E-state index in [2.05, 4.69) is 0 Å². The second-order valence-corrected chi connectivity index (χ2v) is 6.50. The number of ether oxygens (including phenoxy) is 3. The van der Waals surface area contributed by atoms with Gasteiger partial charge < -0.3 is 14.2 Å². The molecule has 4 aromatic carbocycles. The number of para-hydroxylation sites is 1. The van der Waals surface area contributed by atoms with Crippen molar-refractivity contribution in [3.05, 3.63) is 108 Å². The summed E-state index contributed by atoms with van der Waals surface area (Å²) in [6.07, 6.45) is 0. The molecule has 0 aliphatic carbocycles. The molecule has 0 fully saturated rings. The summed E-state index contributed by atoms with van der Waals surface area (Å²) in [5.74, 6) is 3.75. The summed E-state index contributed by atoms with van der Waals surface area (Å²) in [6.45, 7) is 0. The molecular formula is C26H16N2O3. The second-order valence-electron chi connectivity index (χ2n) is 6.50. The maximum atomic E-state index is 9.16. The van der Waals surface area contributed by atoms with Gasteiger partial charge in [-0.1, -0.05) is 24.3 Å². The first-order valence-corrected chi connectivity index (χ1v) is 9.46. The van der Waals surface area contributed by atoms with Crippen molar-refractivity contribution in [3.8, 4) is 46.6 Å². The highest BCUT2D eigenvalue weighted by Gasteiger charge is 2.06. The van der Waals surface area contributed by atoms with E-state index in [1.165, 1.54) is 6.07 Å². The van der Waals surface area contributed by atoms with E-state index in [4.69, 9.17) is 24.7 Å². The van der Waals surface area contributed by atoms with Crippen molar-refractivity contribution in [2.24, 2.45) is 0 Å². The molecule has 4 rings (SSSR count). The van der Waals surface area contributed by atoms with Gasteiger partial charge in [-0.3, -0.25) is 0 Å². The Morgan fingerprint density at radius 2 is 0.871 bits per heavy atom. The van der Waals surface area contributed by atoms with Crippen molar-refractivity contribution in [2.45, 2.75) is 0 Å². The van der Waals surface area contributed by atoms with Crippen molar-refractivity contribution < 1.29 is 14.2 Å². The largest absolute Gasteiger partial charge is 0.457 e. The van der Waals surface area contributed by atoms with Crippen LogP contribution in [0.2, 0.25) is 0 Å². The second kappa shape index (κ2) is 9.17. The number of hydrogen-bond donors (Lipinski definition) is 0. The molecule has 0 aliphatic rings. The summed E-state index contributed by atoms with van der Waals surface area (Å²) in [5.41, 5.74) is 0.580. The Balaban J connectivity index is 1.44. The Kier molecular flexibility index (Phi) is 5.79. The zero-order valence-electron chi connectivity index (χ0n) is 16.4. The van der Waals surface area contributed by atoms with Crippen LogP contribution >= 0.6 is 0 Å². The number of hydrogen-bond acceptors (Lipinski definition) is 5. The lowest BCUT2D eigenvalue weighted by molar-refractivity contribution is 0.456. The third kappa shape index (κ3) is 5.00. The fourth-order valence-electron chi connectivity index (χ4n) is 2.85. The lowest BCUT2D eigenvalue weighted by atomic mass is 10.1. The standard InChI is InChI=1S/C26H16N2O3/c27-17-19-9-10-26(15-20(19)18-28)31-25-8-4-7-24(16-25)30-23-13-11-22(12-14-23)29-21-5-2-1-3-6-21/h1-16H. The van der Waals surface area contributed by atoms with Crippen LogP contribution in [0.3, 0.4) is 0 Å². The van der Waals surface area contributed by atoms with Crippen LogP contribution in [0.5, 0.6) is 34.5 Å². The molecule has 0 N–H and O–H groups in total. The van der Waals surface area contributed by atoms with Crippen molar-refractivity contribution >= 4 is 0 Å². The van der Waals surface area contributed by atoms with Crippen LogP contribution in [0.15, 0.2) is 97.1 Å². The van der Waals surface area contributed by atoms with Gasteiger partial charge in [0.25, 0.3) is 0 Å². The minimum absolute atomic E-state index is 0.269. The van der Waals surface area contributed by atoms with E-state index >= 15 is 0 Å². The number of benzene rings is 4. The SMILES string of the molecule is N#Cc1ccc(Oc2cccc(Oc3ccc(Oc4ccccc4)cc3)c2)cc1C#N. The van der Waals surface area contributed by atoms with E-state index in [1.54, 1.807) is 24.3 Å². The predicted octanol–water partition coefficient (Wildman–Crippen LogP) is 6.81. The fourth-order valence-corrected chi connectivity index (χ4v) is 2.85. The maximum absolute atomic E-state index is 9.16. The molecule has 4 aromatic rings. The van der Waals surface area contributed by atoms with Crippen LogP contribution in [0, 0.1) is 22.7 Å². The molecule has 0 bridgehead atoms. The minimum atomic E-state index is 0.269. The molecule has 5 heteroatoms. The van der Waals surface area contributed by atoms with Crippen molar-refractivity contribution in [1.82, 2.24) is 0 Å². The Morgan fingerprint density at radius 3 is 1.48 bits per heavy atom. The summed E-state index contributed by atoms with van der Waals surface area (Å²) < 4.78 is 17.5. The molecule has 5 nitrogen and oxygen atoms in total. The molecule has 0 amide bonds. The first-order valence-electron chi connectivity index (χ1n) is 9.46. The lowest BCUT2D eigenvalue weighted by Gasteiger charge is -2.10. The Bertz CT molecular complexity index is 1270. The van der Waals surface area contributed by atoms with Gasteiger partial charge >= 0.3 is 0 Å². The zero-order chi connectivity index (χ0) is 21.5. The third-order valence-electron chi connectivity index (χ3n) is 4.31. The van der Waals surface area contributed by atoms with Crippen molar-refractivity contribution in [2.75, 3.05) is 0 Å². The van der Waals surface area contributed by atoms with Crippen LogP contribution in [0.25, 0.3) is 0 Å². The van der Waals surface area contributed by atoms with Crippen molar-refractivity contribution in [3.63, 3.8) is 0 Å². The van der Waals surface area contributed by atoms with E-state index in [1.807, 2.05) is 78.9 Å². The van der Waals surface area contributed by atoms with Crippen LogP contribution in [-0.2, 0) is 0 Å². The normalized spacial score (nSPS) is 9.87. The number of nitriles is 2. The van der Waals surface area contributed by atoms with Gasteiger partial charge in [-0.2, -0.15) is 10.5 Å². The van der Waals surface area contributed by atoms with Crippen LogP contribution in [0.1, 0.15) is 11.1 Å². The fraction of sp³-hybridized carbons (Fsp3) is 0. The average Bonchev–Trinajstić information content (AvgIpc) is 2.81. The third-order valence-corrected chi connectivity index (χ3v) is 4.31. The highest BCUT2D eigenvalue weighted by Crippen LogP contribution is 2.30. The Hall–Kier alpha value is -4.74. The molecule has 0 radical (unpaired) electrons. The quantitative estimate of drug-likeness (QED) is 0.353. The van der Waals surface area contributed by atoms with Crippen LogP contribution < -0.4 is 14.2 Å². The summed E-state index contributed by atoms with van der Waals surface area (Å²) in [5, 5.41) is 18.2. The smallest absolute Gasteiger partial charge is 0.131 e. The maximum Gasteiger partial charge on any atom is 0.131 e. The van der Waals surface area contributed by atoms with E-state index in [-0.39, 0.29) is 5.56 Å². The molecule has 0 heterocycles. The molecule has 0 saturated carbocycles. The van der Waals surface area contributed by atoms with Gasteiger partial charge in [0.1, 0.15) is 46.6 Å². The first kappa shape index (κ1) is 19.6. The molecule has 0 saturated heterocycles. The molecular weight excluding hydrogens is 388 g/mol. The molecule has 31 heavy (non-hydrogen) atoms. The van der Waals surface area contributed by atoms with Gasteiger partial charge in [0.15, 0.2) is 0 Å². The molecule has 0 atom stereocenters. The van der Waals surface area contributed by atoms with Crippen LogP contribution in [0.4, 0.5) is 0 Å². The monoisotopic (exact) mass is 404 g/mol. The molecule has 0 aliphatic heterocycles. The average molecular weight is 404 g/mol. The lowest BCUT2D eigenvalue weighted by Crippen LogP contribution is -1.90. The van der Waals surface area contributed by atoms with E-state index in [9.17, 15) is 0 Å². The summed E-state index contributed by atoms with van der Waals surface area (Å²) >= 11 is 0. The topological polar surface area (TPSA) is 75.3 Å². The van der Waals surface area contributed by atoms with Crippen molar-refractivity contribution in [1.29, 1.82) is 10.5 Å². The molecule has 148 valence electrons. The predicted molar refractivity (Wildman–Crippen MR) is 115 cm³/mol. The van der Waals surface area contributed by atoms with E-state index in [0.29, 0.717) is 34.3 Å². The first-order chi connectivity index (χ1) is 15.2. The Labute approximate surface area is 179 Å². The highest BCUT2D eigenvalue weighted by atomic mass is 16.5. The Morgan fingerprint density at radius 1 is 0.419 bits per heavy atom. The number of nitrogens with zero attached hydrogens (tertiary/aromatic N) is 2. The van der Waals surface area contributed by atoms with Gasteiger partial charge in [0.05, 0.1) is 11.1 Å². The van der Waals surface area contributed by atoms with E-state index in [0.717, 1.165) is 5.75 Å².